The molecule has 0 fully saturated rings. The third-order valence-electron chi connectivity index (χ3n) is 3.03. The molecule has 0 aliphatic heterocycles. The van der Waals surface area contributed by atoms with Crippen LogP contribution in [0.5, 0.6) is 0 Å². The first-order chi connectivity index (χ1) is 4.71. The molecule has 1 rings (SSSR count). The van der Waals surface area contributed by atoms with Gasteiger partial charge in [-0.25, -0.2) is 0 Å². The standard InChI is InChI=1S/C10H18/c1-4-10(9(2)3)7-5-6-8-10/h5,7,9H,4,6,8H2,1-3H3. The Morgan fingerprint density at radius 2 is 2.20 bits per heavy atom. The van der Waals surface area contributed by atoms with Gasteiger partial charge >= 0.3 is 0 Å². The first-order valence-electron chi connectivity index (χ1n) is 4.39. The molecule has 0 N–H and O–H groups in total. The largest absolute Gasteiger partial charge is 0.0879 e. The van der Waals surface area contributed by atoms with Gasteiger partial charge in [0.2, 0.25) is 0 Å². The number of hydrogen-bond donors (Lipinski definition) is 0. The number of rotatable bonds is 2. The predicted octanol–water partition coefficient (Wildman–Crippen LogP) is 3.39. The summed E-state index contributed by atoms with van der Waals surface area (Å²) in [6.07, 6.45) is 8.75. The fourth-order valence-electron chi connectivity index (χ4n) is 1.94. The number of allylic oxidation sites excluding steroid dienone is 2. The molecule has 0 nitrogen and oxygen atoms in total. The van der Waals surface area contributed by atoms with Crippen molar-refractivity contribution in [2.45, 2.75) is 40.0 Å². The van der Waals surface area contributed by atoms with Gasteiger partial charge in [0.05, 0.1) is 0 Å². The molecule has 1 aliphatic rings. The van der Waals surface area contributed by atoms with Crippen molar-refractivity contribution < 1.29 is 0 Å². The summed E-state index contributed by atoms with van der Waals surface area (Å²) in [4.78, 5) is 0. The summed E-state index contributed by atoms with van der Waals surface area (Å²) >= 11 is 0. The van der Waals surface area contributed by atoms with Crippen LogP contribution in [0, 0.1) is 11.3 Å². The van der Waals surface area contributed by atoms with Gasteiger partial charge in [-0.3, -0.25) is 0 Å². The molecule has 0 bridgehead atoms. The summed E-state index contributed by atoms with van der Waals surface area (Å²) in [5.41, 5.74) is 0.556. The van der Waals surface area contributed by atoms with Crippen molar-refractivity contribution in [3.63, 3.8) is 0 Å². The van der Waals surface area contributed by atoms with Crippen LogP contribution in [0.3, 0.4) is 0 Å². The van der Waals surface area contributed by atoms with E-state index in [1.165, 1.54) is 19.3 Å². The van der Waals surface area contributed by atoms with Gasteiger partial charge in [0.1, 0.15) is 0 Å². The van der Waals surface area contributed by atoms with Gasteiger partial charge < -0.3 is 0 Å². The van der Waals surface area contributed by atoms with Gasteiger partial charge in [-0.1, -0.05) is 32.9 Å². The van der Waals surface area contributed by atoms with E-state index in [4.69, 9.17) is 0 Å². The Balaban J connectivity index is 2.68. The molecule has 0 aromatic carbocycles. The van der Waals surface area contributed by atoms with Crippen LogP contribution in [-0.4, -0.2) is 0 Å². The van der Waals surface area contributed by atoms with Crippen LogP contribution < -0.4 is 0 Å². The van der Waals surface area contributed by atoms with E-state index in [1.807, 2.05) is 0 Å². The van der Waals surface area contributed by atoms with Crippen molar-refractivity contribution in [1.29, 1.82) is 0 Å². The quantitative estimate of drug-likeness (QED) is 0.513. The zero-order chi connectivity index (χ0) is 7.61. The van der Waals surface area contributed by atoms with Gasteiger partial charge in [-0.05, 0) is 30.6 Å². The van der Waals surface area contributed by atoms with Gasteiger partial charge in [0.15, 0.2) is 0 Å². The van der Waals surface area contributed by atoms with E-state index >= 15 is 0 Å². The lowest BCUT2D eigenvalue weighted by atomic mass is 9.75. The molecule has 0 aromatic heterocycles. The Labute approximate surface area is 64.3 Å². The molecular formula is C10H18. The average Bonchev–Trinajstić information content (AvgIpc) is 2.35. The van der Waals surface area contributed by atoms with E-state index in [1.54, 1.807) is 0 Å². The van der Waals surface area contributed by atoms with Gasteiger partial charge in [0, 0.05) is 0 Å². The Kier molecular flexibility index (Phi) is 2.18. The maximum absolute atomic E-state index is 2.43. The molecule has 0 radical (unpaired) electrons. The zero-order valence-corrected chi connectivity index (χ0v) is 7.35. The molecule has 0 aromatic rings. The molecule has 0 heteroatoms. The highest BCUT2D eigenvalue weighted by Crippen LogP contribution is 2.41. The van der Waals surface area contributed by atoms with Crippen molar-refractivity contribution in [1.82, 2.24) is 0 Å². The summed E-state index contributed by atoms with van der Waals surface area (Å²) in [6, 6.07) is 0. The second kappa shape index (κ2) is 2.77. The first kappa shape index (κ1) is 7.84. The molecule has 1 aliphatic carbocycles. The second-order valence-corrected chi connectivity index (χ2v) is 3.68. The molecule has 0 heterocycles. The van der Waals surface area contributed by atoms with Gasteiger partial charge in [-0.2, -0.15) is 0 Å². The monoisotopic (exact) mass is 138 g/mol. The summed E-state index contributed by atoms with van der Waals surface area (Å²) in [5, 5.41) is 0. The van der Waals surface area contributed by atoms with E-state index in [0.717, 1.165) is 5.92 Å². The second-order valence-electron chi connectivity index (χ2n) is 3.68. The van der Waals surface area contributed by atoms with Crippen molar-refractivity contribution >= 4 is 0 Å². The van der Waals surface area contributed by atoms with Crippen LogP contribution in [0.4, 0.5) is 0 Å². The lowest BCUT2D eigenvalue weighted by molar-refractivity contribution is 0.251. The molecule has 10 heavy (non-hydrogen) atoms. The Morgan fingerprint density at radius 1 is 1.50 bits per heavy atom. The molecule has 0 amide bonds. The van der Waals surface area contributed by atoms with Crippen molar-refractivity contribution in [2.75, 3.05) is 0 Å². The van der Waals surface area contributed by atoms with Crippen LogP contribution in [0.1, 0.15) is 40.0 Å². The van der Waals surface area contributed by atoms with Gasteiger partial charge in [-0.15, -0.1) is 0 Å². The Morgan fingerprint density at radius 3 is 2.40 bits per heavy atom. The lowest BCUT2D eigenvalue weighted by Gasteiger charge is -2.30. The van der Waals surface area contributed by atoms with E-state index in [0.29, 0.717) is 5.41 Å². The van der Waals surface area contributed by atoms with Crippen LogP contribution in [-0.2, 0) is 0 Å². The van der Waals surface area contributed by atoms with Crippen LogP contribution in [0.15, 0.2) is 12.2 Å². The maximum atomic E-state index is 2.43. The van der Waals surface area contributed by atoms with E-state index in [-0.39, 0.29) is 0 Å². The molecule has 0 saturated heterocycles. The summed E-state index contributed by atoms with van der Waals surface area (Å²) in [5.74, 6) is 0.816. The predicted molar refractivity (Wildman–Crippen MR) is 45.9 cm³/mol. The number of hydrogen-bond acceptors (Lipinski definition) is 0. The third kappa shape index (κ3) is 1.12. The SMILES string of the molecule is CCC1(C(C)C)C=CCC1. The Hall–Kier alpha value is -0.260. The molecule has 58 valence electrons. The van der Waals surface area contributed by atoms with Crippen LogP contribution >= 0.6 is 0 Å². The lowest BCUT2D eigenvalue weighted by Crippen LogP contribution is -2.20. The highest BCUT2D eigenvalue weighted by molar-refractivity contribution is 5.07. The van der Waals surface area contributed by atoms with Gasteiger partial charge in [0.25, 0.3) is 0 Å². The summed E-state index contributed by atoms with van der Waals surface area (Å²) in [7, 11) is 0. The third-order valence-corrected chi connectivity index (χ3v) is 3.03. The van der Waals surface area contributed by atoms with E-state index in [9.17, 15) is 0 Å². The van der Waals surface area contributed by atoms with Crippen molar-refractivity contribution in [3.8, 4) is 0 Å². The molecule has 1 unspecified atom stereocenters. The Bertz CT molecular complexity index is 133. The minimum Gasteiger partial charge on any atom is -0.0879 e. The molecule has 0 spiro atoms. The van der Waals surface area contributed by atoms with E-state index < -0.39 is 0 Å². The first-order valence-corrected chi connectivity index (χ1v) is 4.39. The zero-order valence-electron chi connectivity index (χ0n) is 7.35. The van der Waals surface area contributed by atoms with Crippen molar-refractivity contribution in [2.24, 2.45) is 11.3 Å². The average molecular weight is 138 g/mol. The normalized spacial score (nSPS) is 32.0. The molecule has 0 saturated carbocycles. The fraction of sp³-hybridized carbons (Fsp3) is 0.800. The van der Waals surface area contributed by atoms with E-state index in [2.05, 4.69) is 32.9 Å². The molecule has 1 atom stereocenters. The minimum absolute atomic E-state index is 0.556. The highest BCUT2D eigenvalue weighted by Gasteiger charge is 2.30. The minimum atomic E-state index is 0.556. The molecular weight excluding hydrogens is 120 g/mol. The summed E-state index contributed by atoms with van der Waals surface area (Å²) in [6.45, 7) is 6.97. The highest BCUT2D eigenvalue weighted by atomic mass is 14.3. The smallest absolute Gasteiger partial charge is 0.00949 e. The van der Waals surface area contributed by atoms with Crippen molar-refractivity contribution in [3.05, 3.63) is 12.2 Å². The topological polar surface area (TPSA) is 0 Å². The fourth-order valence-corrected chi connectivity index (χ4v) is 1.94. The van der Waals surface area contributed by atoms with Crippen LogP contribution in [0.2, 0.25) is 0 Å². The summed E-state index contributed by atoms with van der Waals surface area (Å²) < 4.78 is 0. The maximum Gasteiger partial charge on any atom is -0.00949 e. The van der Waals surface area contributed by atoms with Crippen LogP contribution in [0.25, 0.3) is 0 Å².